The topological polar surface area (TPSA) is 55.1 Å². The summed E-state index contributed by atoms with van der Waals surface area (Å²) in [6, 6.07) is 8.11. The fourth-order valence-electron chi connectivity index (χ4n) is 2.45. The average Bonchev–Trinajstić information content (AvgIpc) is 3.24. The summed E-state index contributed by atoms with van der Waals surface area (Å²) in [5, 5.41) is 12.0. The number of aromatic nitrogens is 4. The van der Waals surface area contributed by atoms with Gasteiger partial charge in [0, 0.05) is 42.1 Å². The molecule has 1 N–H and O–H groups in total. The van der Waals surface area contributed by atoms with Crippen molar-refractivity contribution in [1.29, 1.82) is 0 Å². The van der Waals surface area contributed by atoms with Gasteiger partial charge in [-0.05, 0) is 28.5 Å². The van der Waals surface area contributed by atoms with Crippen LogP contribution in [0.3, 0.4) is 0 Å². The van der Waals surface area contributed by atoms with Crippen molar-refractivity contribution in [2.45, 2.75) is 6.54 Å². The van der Waals surface area contributed by atoms with Gasteiger partial charge in [0.1, 0.15) is 13.7 Å². The SMILES string of the molecule is Bc1cnn2c(NCc3cccnc3)cc(-c3ccsc3)nc12. The van der Waals surface area contributed by atoms with Crippen molar-refractivity contribution in [1.82, 2.24) is 19.6 Å². The third kappa shape index (κ3) is 2.71. The zero-order chi connectivity index (χ0) is 15.6. The molecule has 0 aliphatic carbocycles. The molecule has 4 rings (SSSR count). The molecule has 0 aromatic carbocycles. The molecular weight excluding hydrogens is 305 g/mol. The van der Waals surface area contributed by atoms with Crippen molar-refractivity contribution < 1.29 is 0 Å². The van der Waals surface area contributed by atoms with E-state index in [4.69, 9.17) is 4.98 Å². The van der Waals surface area contributed by atoms with Crippen LogP contribution in [0.25, 0.3) is 16.9 Å². The molecule has 0 aliphatic rings. The van der Waals surface area contributed by atoms with Crippen molar-refractivity contribution in [3.63, 3.8) is 0 Å². The Morgan fingerprint density at radius 3 is 3.00 bits per heavy atom. The van der Waals surface area contributed by atoms with E-state index < -0.39 is 0 Å². The summed E-state index contributed by atoms with van der Waals surface area (Å²) in [5.74, 6) is 0.924. The number of nitrogens with one attached hydrogen (secondary N) is 1. The Labute approximate surface area is 138 Å². The molecule has 7 heteroatoms. The van der Waals surface area contributed by atoms with Crippen LogP contribution >= 0.6 is 11.3 Å². The second-order valence-electron chi connectivity index (χ2n) is 5.32. The van der Waals surface area contributed by atoms with Gasteiger partial charge in [0.05, 0.1) is 5.69 Å². The van der Waals surface area contributed by atoms with Gasteiger partial charge < -0.3 is 5.32 Å². The normalized spacial score (nSPS) is 11.0. The molecule has 0 spiro atoms. The molecule has 112 valence electrons. The minimum atomic E-state index is 0.689. The Morgan fingerprint density at radius 2 is 2.22 bits per heavy atom. The van der Waals surface area contributed by atoms with E-state index in [1.165, 1.54) is 0 Å². The molecule has 0 radical (unpaired) electrons. The monoisotopic (exact) mass is 319 g/mol. The summed E-state index contributed by atoms with van der Waals surface area (Å²) in [6.07, 6.45) is 5.48. The van der Waals surface area contributed by atoms with E-state index in [0.29, 0.717) is 6.54 Å². The number of thiophene rings is 1. The minimum Gasteiger partial charge on any atom is -0.366 e. The van der Waals surface area contributed by atoms with Gasteiger partial charge in [-0.1, -0.05) is 6.07 Å². The molecule has 0 atom stereocenters. The summed E-state index contributed by atoms with van der Waals surface area (Å²) in [7, 11) is 2.03. The number of fused-ring (bicyclic) bond motifs is 1. The van der Waals surface area contributed by atoms with Gasteiger partial charge in [-0.2, -0.15) is 21.0 Å². The first-order valence-corrected chi connectivity index (χ1v) is 8.26. The number of nitrogens with zero attached hydrogens (tertiary/aromatic N) is 4. The van der Waals surface area contributed by atoms with E-state index >= 15 is 0 Å². The maximum Gasteiger partial charge on any atom is 0.151 e. The molecule has 0 amide bonds. The Morgan fingerprint density at radius 1 is 1.26 bits per heavy atom. The van der Waals surface area contributed by atoms with Crippen LogP contribution in [0.2, 0.25) is 0 Å². The minimum absolute atomic E-state index is 0.689. The third-order valence-corrected chi connectivity index (χ3v) is 4.34. The number of anilines is 1. The summed E-state index contributed by atoms with van der Waals surface area (Å²) in [6.45, 7) is 0.689. The molecule has 0 unspecified atom stereocenters. The van der Waals surface area contributed by atoms with Gasteiger partial charge in [-0.25, -0.2) is 4.98 Å². The molecule has 0 bridgehead atoms. The molecule has 5 nitrogen and oxygen atoms in total. The van der Waals surface area contributed by atoms with E-state index in [1.54, 1.807) is 17.5 Å². The second kappa shape index (κ2) is 5.85. The van der Waals surface area contributed by atoms with Crippen molar-refractivity contribution in [3.05, 3.63) is 59.2 Å². The highest BCUT2D eigenvalue weighted by Gasteiger charge is 2.10. The highest BCUT2D eigenvalue weighted by molar-refractivity contribution is 7.08. The van der Waals surface area contributed by atoms with Crippen molar-refractivity contribution in [2.24, 2.45) is 0 Å². The predicted molar refractivity (Wildman–Crippen MR) is 96.0 cm³/mol. The van der Waals surface area contributed by atoms with Crippen LogP contribution < -0.4 is 10.8 Å². The van der Waals surface area contributed by atoms with Gasteiger partial charge in [-0.3, -0.25) is 4.98 Å². The van der Waals surface area contributed by atoms with Crippen LogP contribution in [0.4, 0.5) is 5.82 Å². The maximum absolute atomic E-state index is 4.75. The van der Waals surface area contributed by atoms with Gasteiger partial charge in [0.15, 0.2) is 5.65 Å². The fraction of sp³-hybridized carbons (Fsp3) is 0.0625. The lowest BCUT2D eigenvalue weighted by Gasteiger charge is -2.10. The summed E-state index contributed by atoms with van der Waals surface area (Å²) in [4.78, 5) is 8.90. The Balaban J connectivity index is 1.75. The Kier molecular flexibility index (Phi) is 3.55. The Bertz CT molecular complexity index is 934. The summed E-state index contributed by atoms with van der Waals surface area (Å²) < 4.78 is 1.85. The largest absolute Gasteiger partial charge is 0.366 e. The highest BCUT2D eigenvalue weighted by atomic mass is 32.1. The van der Waals surface area contributed by atoms with E-state index in [2.05, 4.69) is 32.2 Å². The van der Waals surface area contributed by atoms with Crippen LogP contribution in [0.5, 0.6) is 0 Å². The highest BCUT2D eigenvalue weighted by Crippen LogP contribution is 2.23. The van der Waals surface area contributed by atoms with E-state index in [1.807, 2.05) is 43.0 Å². The zero-order valence-electron chi connectivity index (χ0n) is 12.6. The van der Waals surface area contributed by atoms with Crippen LogP contribution in [-0.4, -0.2) is 27.4 Å². The number of rotatable bonds is 4. The van der Waals surface area contributed by atoms with Gasteiger partial charge in [0.2, 0.25) is 0 Å². The second-order valence-corrected chi connectivity index (χ2v) is 6.10. The third-order valence-electron chi connectivity index (χ3n) is 3.66. The molecule has 0 saturated heterocycles. The standard InChI is InChI=1S/C16H14BN5S/c17-13-9-20-22-15(19-8-11-2-1-4-18-7-11)6-14(21-16(13)22)12-3-5-23-10-12/h1-7,9-10,19H,8,17H2. The van der Waals surface area contributed by atoms with Crippen LogP contribution in [0.15, 0.2) is 53.6 Å². The van der Waals surface area contributed by atoms with Gasteiger partial charge in [0.25, 0.3) is 0 Å². The lowest BCUT2D eigenvalue weighted by molar-refractivity contribution is 0.925. The molecule has 4 heterocycles. The number of hydrogen-bond donors (Lipinski definition) is 1. The van der Waals surface area contributed by atoms with Crippen molar-refractivity contribution in [2.75, 3.05) is 5.32 Å². The van der Waals surface area contributed by atoms with Crippen molar-refractivity contribution >= 4 is 36.1 Å². The smallest absolute Gasteiger partial charge is 0.151 e. The average molecular weight is 319 g/mol. The lowest BCUT2D eigenvalue weighted by atomic mass is 10.0. The first-order valence-electron chi connectivity index (χ1n) is 7.32. The lowest BCUT2D eigenvalue weighted by Crippen LogP contribution is -2.09. The molecule has 4 aromatic heterocycles. The van der Waals surface area contributed by atoms with E-state index in [9.17, 15) is 0 Å². The zero-order valence-corrected chi connectivity index (χ0v) is 13.4. The summed E-state index contributed by atoms with van der Waals surface area (Å²) >= 11 is 1.67. The number of hydrogen-bond acceptors (Lipinski definition) is 5. The summed E-state index contributed by atoms with van der Waals surface area (Å²) in [5.41, 5.74) is 5.14. The van der Waals surface area contributed by atoms with Crippen LogP contribution in [0.1, 0.15) is 5.56 Å². The molecule has 4 aromatic rings. The Hall–Kier alpha value is -2.67. The molecular formula is C16H14BN5S. The van der Waals surface area contributed by atoms with Gasteiger partial charge in [-0.15, -0.1) is 0 Å². The van der Waals surface area contributed by atoms with E-state index in [-0.39, 0.29) is 0 Å². The van der Waals surface area contributed by atoms with Crippen molar-refractivity contribution in [3.8, 4) is 11.3 Å². The fourth-order valence-corrected chi connectivity index (χ4v) is 3.10. The van der Waals surface area contributed by atoms with Crippen LogP contribution in [-0.2, 0) is 6.54 Å². The predicted octanol–water partition coefficient (Wildman–Crippen LogP) is 1.72. The molecule has 0 aliphatic heterocycles. The first kappa shape index (κ1) is 14.0. The van der Waals surface area contributed by atoms with Crippen LogP contribution in [0, 0.1) is 0 Å². The molecule has 0 fully saturated rings. The molecule has 0 saturated carbocycles. The quantitative estimate of drug-likeness (QED) is 0.582. The maximum atomic E-state index is 4.75. The number of pyridine rings is 1. The van der Waals surface area contributed by atoms with Gasteiger partial charge >= 0.3 is 0 Å². The first-order chi connectivity index (χ1) is 11.3. The van der Waals surface area contributed by atoms with E-state index in [0.717, 1.165) is 33.7 Å². The molecule has 23 heavy (non-hydrogen) atoms.